The Morgan fingerprint density at radius 1 is 1.10 bits per heavy atom. The van der Waals surface area contributed by atoms with Crippen LogP contribution in [0.4, 0.5) is 5.69 Å². The molecule has 5 heteroatoms. The Labute approximate surface area is 126 Å². The maximum absolute atomic E-state index is 12.6. The molecule has 3 heterocycles. The normalized spacial score (nSPS) is 15.0. The van der Waals surface area contributed by atoms with Crippen LogP contribution in [0.15, 0.2) is 47.5 Å². The predicted molar refractivity (Wildman–Crippen MR) is 81.4 cm³/mol. The fourth-order valence-corrected chi connectivity index (χ4v) is 5.36. The molecule has 0 fully saturated rings. The number of para-hydroxylation sites is 1. The van der Waals surface area contributed by atoms with Crippen molar-refractivity contribution in [2.75, 3.05) is 0 Å². The monoisotopic (exact) mass is 340 g/mol. The number of ketones is 1. The summed E-state index contributed by atoms with van der Waals surface area (Å²) in [5.41, 5.74) is 3.22. The molecule has 0 spiro atoms. The fraction of sp³-hybridized carbons (Fsp3) is 0. The van der Waals surface area contributed by atoms with Crippen molar-refractivity contribution in [2.24, 2.45) is 4.99 Å². The summed E-state index contributed by atoms with van der Waals surface area (Å²) in [6.07, 6.45) is 0. The summed E-state index contributed by atoms with van der Waals surface area (Å²) in [7, 11) is 0. The van der Waals surface area contributed by atoms with Crippen molar-refractivity contribution in [3.05, 3.63) is 53.7 Å². The number of fused-ring (bicyclic) bond motifs is 1. The quantitative estimate of drug-likeness (QED) is 0.538. The second kappa shape index (κ2) is 3.64. The first-order valence-corrected chi connectivity index (χ1v) is 8.15. The van der Waals surface area contributed by atoms with Gasteiger partial charge < -0.3 is 0 Å². The topological polar surface area (TPSA) is 54.6 Å². The first-order chi connectivity index (χ1) is 10.3. The van der Waals surface area contributed by atoms with Gasteiger partial charge in [0.25, 0.3) is 0 Å². The second-order valence-corrected chi connectivity index (χ2v) is 7.11. The van der Waals surface area contributed by atoms with E-state index in [4.69, 9.17) is 0 Å². The third kappa shape index (κ3) is 1.25. The van der Waals surface area contributed by atoms with Gasteiger partial charge in [-0.2, -0.15) is 0 Å². The van der Waals surface area contributed by atoms with Gasteiger partial charge in [0, 0.05) is 0 Å². The van der Waals surface area contributed by atoms with E-state index < -0.39 is 0 Å². The van der Waals surface area contributed by atoms with Gasteiger partial charge in [-0.15, -0.1) is 0 Å². The fourth-order valence-electron chi connectivity index (χ4n) is 2.96. The Hall–Kier alpha value is -2.36. The van der Waals surface area contributed by atoms with Gasteiger partial charge in [0.1, 0.15) is 0 Å². The van der Waals surface area contributed by atoms with Crippen LogP contribution in [0.3, 0.4) is 0 Å². The number of nitrogens with zero attached hydrogens (tertiary/aromatic N) is 2. The molecule has 0 atom stereocenters. The van der Waals surface area contributed by atoms with Gasteiger partial charge >= 0.3 is 126 Å². The van der Waals surface area contributed by atoms with Gasteiger partial charge in [0.15, 0.2) is 0 Å². The zero-order valence-corrected chi connectivity index (χ0v) is 12.4. The third-order valence-corrected chi connectivity index (χ3v) is 6.20. The average molecular weight is 339 g/mol. The van der Waals surface area contributed by atoms with Crippen LogP contribution in [0.2, 0.25) is 0 Å². The van der Waals surface area contributed by atoms with Gasteiger partial charge in [-0.25, -0.2) is 0 Å². The number of hydrogen-bond acceptors (Lipinski definition) is 3. The van der Waals surface area contributed by atoms with Crippen LogP contribution in [-0.4, -0.2) is 35.4 Å². The van der Waals surface area contributed by atoms with Crippen molar-refractivity contribution in [1.82, 2.24) is 3.58 Å². The van der Waals surface area contributed by atoms with Crippen LogP contribution < -0.4 is 4.46 Å². The molecule has 21 heavy (non-hydrogen) atoms. The van der Waals surface area contributed by atoms with Gasteiger partial charge in [0.05, 0.1) is 0 Å². The molecule has 1 N–H and O–H groups in total. The van der Waals surface area contributed by atoms with Crippen molar-refractivity contribution in [3.63, 3.8) is 0 Å². The summed E-state index contributed by atoms with van der Waals surface area (Å²) < 4.78 is 3.19. The van der Waals surface area contributed by atoms with E-state index in [1.54, 1.807) is 6.07 Å². The first-order valence-electron chi connectivity index (χ1n) is 6.53. The Morgan fingerprint density at radius 2 is 1.95 bits per heavy atom. The van der Waals surface area contributed by atoms with E-state index in [0.29, 0.717) is 22.7 Å². The van der Waals surface area contributed by atoms with E-state index in [1.807, 2.05) is 40.0 Å². The number of aromatic hydroxyl groups is 1. The van der Waals surface area contributed by atoms with Gasteiger partial charge in [-0.3, -0.25) is 0 Å². The Kier molecular flexibility index (Phi) is 1.96. The number of carbonyl (C=O) groups is 1. The molecule has 3 aromatic rings. The van der Waals surface area contributed by atoms with Crippen molar-refractivity contribution in [1.29, 1.82) is 0 Å². The summed E-state index contributed by atoms with van der Waals surface area (Å²) >= 11 is 0.0767. The van der Waals surface area contributed by atoms with Crippen molar-refractivity contribution in [2.45, 2.75) is 0 Å². The molecule has 2 aliphatic rings. The number of aromatic nitrogens is 1. The SMILES string of the molecule is O=C1C(c2c(O)c3c4cccc3n2[Se]4)=Nc2ccccc21. The van der Waals surface area contributed by atoms with Crippen molar-refractivity contribution >= 4 is 47.7 Å². The number of hydrogen-bond donors (Lipinski definition) is 1. The molecular formula is C16H8N2O2Se. The number of carbonyl (C=O) groups excluding carboxylic acids is 1. The summed E-state index contributed by atoms with van der Waals surface area (Å²) in [4.78, 5) is 17.0. The van der Waals surface area contributed by atoms with Gasteiger partial charge in [-0.05, 0) is 0 Å². The number of rotatable bonds is 1. The average Bonchev–Trinajstić information content (AvgIpc) is 3.04. The number of Topliss-reactive ketones (excluding diaryl/α,β-unsaturated/α-hetero) is 1. The van der Waals surface area contributed by atoms with Crippen LogP contribution in [-0.2, 0) is 0 Å². The summed E-state index contributed by atoms with van der Waals surface area (Å²) in [6.45, 7) is 0. The van der Waals surface area contributed by atoms with E-state index >= 15 is 0 Å². The summed E-state index contributed by atoms with van der Waals surface area (Å²) in [5, 5.41) is 11.4. The Bertz CT molecular complexity index is 997. The third-order valence-electron chi connectivity index (χ3n) is 3.90. The van der Waals surface area contributed by atoms with Gasteiger partial charge in [-0.1, -0.05) is 0 Å². The molecule has 100 valence electrons. The van der Waals surface area contributed by atoms with E-state index in [1.165, 1.54) is 0 Å². The predicted octanol–water partition coefficient (Wildman–Crippen LogP) is 1.77. The van der Waals surface area contributed by atoms with Crippen LogP contribution in [0.25, 0.3) is 10.9 Å². The molecule has 4 bridgehead atoms. The zero-order valence-electron chi connectivity index (χ0n) is 10.7. The molecule has 2 aromatic carbocycles. The second-order valence-electron chi connectivity index (χ2n) is 5.04. The minimum atomic E-state index is -0.107. The van der Waals surface area contributed by atoms with Crippen LogP contribution >= 0.6 is 0 Å². The number of aliphatic imine (C=N–C) groups is 1. The van der Waals surface area contributed by atoms with Crippen LogP contribution in [0.5, 0.6) is 5.75 Å². The zero-order chi connectivity index (χ0) is 14.1. The summed E-state index contributed by atoms with van der Waals surface area (Å²) in [5.74, 6) is 0.0813. The van der Waals surface area contributed by atoms with Gasteiger partial charge in [0.2, 0.25) is 0 Å². The van der Waals surface area contributed by atoms with E-state index in [2.05, 4.69) is 4.99 Å². The molecule has 5 rings (SSSR count). The molecule has 0 unspecified atom stereocenters. The molecule has 4 nitrogen and oxygen atoms in total. The molecule has 1 aromatic heterocycles. The molecule has 0 radical (unpaired) electrons. The standard InChI is InChI=1S/C16H8N2O2Se/c19-15-8-4-1-2-5-9(8)17-13(15)14-16(20)12-10-6-3-7-11(12)21-18(10)14/h1-7,20H. The summed E-state index contributed by atoms with van der Waals surface area (Å²) in [6, 6.07) is 13.3. The molecule has 0 amide bonds. The Balaban J connectivity index is 1.81. The van der Waals surface area contributed by atoms with Crippen molar-refractivity contribution in [3.8, 4) is 5.75 Å². The van der Waals surface area contributed by atoms with Crippen LogP contribution in [0.1, 0.15) is 16.1 Å². The molecule has 0 aliphatic carbocycles. The maximum atomic E-state index is 12.6. The molecule has 0 saturated carbocycles. The molecule has 0 saturated heterocycles. The Morgan fingerprint density at radius 3 is 2.76 bits per heavy atom. The number of benzene rings is 2. The van der Waals surface area contributed by atoms with E-state index in [-0.39, 0.29) is 26.7 Å². The van der Waals surface area contributed by atoms with E-state index in [0.717, 1.165) is 15.4 Å². The van der Waals surface area contributed by atoms with Crippen LogP contribution in [0, 0.1) is 0 Å². The van der Waals surface area contributed by atoms with E-state index in [9.17, 15) is 9.90 Å². The first kappa shape index (κ1) is 11.3. The van der Waals surface area contributed by atoms with Crippen molar-refractivity contribution < 1.29 is 9.90 Å². The minimum absolute atomic E-state index is 0.0767. The molecule has 2 aliphatic heterocycles. The molecular weight excluding hydrogens is 331 g/mol.